The zero-order valence-electron chi connectivity index (χ0n) is 20.7. The molecule has 0 aliphatic carbocycles. The second kappa shape index (κ2) is 11.4. The summed E-state index contributed by atoms with van der Waals surface area (Å²) in [7, 11) is 3.24. The highest BCUT2D eigenvalue weighted by Gasteiger charge is 2.20. The molecule has 0 saturated heterocycles. The fraction of sp³-hybridized carbons (Fsp3) is 0.241. The number of hydrogen-bond donors (Lipinski definition) is 1. The van der Waals surface area contributed by atoms with Crippen LogP contribution in [0.3, 0.4) is 0 Å². The van der Waals surface area contributed by atoms with Gasteiger partial charge < -0.3 is 19.3 Å². The maximum atomic E-state index is 11.1. The highest BCUT2D eigenvalue weighted by molar-refractivity contribution is 5.77. The van der Waals surface area contributed by atoms with E-state index in [-0.39, 0.29) is 6.42 Å². The van der Waals surface area contributed by atoms with Crippen LogP contribution in [0, 0.1) is 0 Å². The van der Waals surface area contributed by atoms with Crippen LogP contribution in [0.1, 0.15) is 24.5 Å². The van der Waals surface area contributed by atoms with Crippen LogP contribution >= 0.6 is 0 Å². The predicted octanol–water partition coefficient (Wildman–Crippen LogP) is 5.70. The van der Waals surface area contributed by atoms with E-state index in [4.69, 9.17) is 24.4 Å². The number of methoxy groups -OCH3 is 2. The molecule has 0 spiro atoms. The van der Waals surface area contributed by atoms with Crippen LogP contribution in [0.2, 0.25) is 0 Å². The van der Waals surface area contributed by atoms with E-state index < -0.39 is 5.97 Å². The molecular formula is C29H30N2O5. The Hall–Kier alpha value is -4.26. The number of aliphatic carboxylic acids is 1. The number of aryl methyl sites for hydroxylation is 1. The van der Waals surface area contributed by atoms with Gasteiger partial charge in [0.25, 0.3) is 0 Å². The molecule has 0 aliphatic rings. The number of nitrogens with zero attached hydrogens (tertiary/aromatic N) is 2. The van der Waals surface area contributed by atoms with Crippen molar-refractivity contribution in [3.05, 3.63) is 83.9 Å². The maximum Gasteiger partial charge on any atom is 0.303 e. The Labute approximate surface area is 210 Å². The topological polar surface area (TPSA) is 82.8 Å². The summed E-state index contributed by atoms with van der Waals surface area (Å²) in [5, 5.41) is 14.1. The summed E-state index contributed by atoms with van der Waals surface area (Å²) in [6.07, 6.45) is 0.484. The lowest BCUT2D eigenvalue weighted by molar-refractivity contribution is -0.136. The molecule has 1 N–H and O–H groups in total. The van der Waals surface area contributed by atoms with Gasteiger partial charge in [-0.05, 0) is 54.8 Å². The van der Waals surface area contributed by atoms with Gasteiger partial charge in [-0.3, -0.25) is 9.48 Å². The second-order valence-electron chi connectivity index (χ2n) is 8.26. The monoisotopic (exact) mass is 486 g/mol. The molecule has 0 radical (unpaired) electrons. The van der Waals surface area contributed by atoms with E-state index in [1.165, 1.54) is 0 Å². The Morgan fingerprint density at radius 2 is 1.69 bits per heavy atom. The van der Waals surface area contributed by atoms with Crippen molar-refractivity contribution in [2.75, 3.05) is 20.8 Å². The minimum Gasteiger partial charge on any atom is -0.493 e. The summed E-state index contributed by atoms with van der Waals surface area (Å²) < 4.78 is 19.1. The third kappa shape index (κ3) is 5.51. The number of ether oxygens (including phenoxy) is 3. The van der Waals surface area contributed by atoms with E-state index in [2.05, 4.69) is 12.1 Å². The largest absolute Gasteiger partial charge is 0.493 e. The average Bonchev–Trinajstić information content (AvgIpc) is 3.31. The normalized spacial score (nSPS) is 10.8. The van der Waals surface area contributed by atoms with Crippen molar-refractivity contribution < 1.29 is 24.1 Å². The molecule has 7 heteroatoms. The van der Waals surface area contributed by atoms with Gasteiger partial charge in [0, 0.05) is 17.5 Å². The molecule has 0 saturated carbocycles. The van der Waals surface area contributed by atoms with Crippen LogP contribution < -0.4 is 14.2 Å². The molecule has 0 fully saturated rings. The second-order valence-corrected chi connectivity index (χ2v) is 8.26. The van der Waals surface area contributed by atoms with Gasteiger partial charge in [-0.25, -0.2) is 0 Å². The Morgan fingerprint density at radius 1 is 0.889 bits per heavy atom. The molecule has 1 aromatic heterocycles. The molecule has 4 rings (SSSR count). The third-order valence-corrected chi connectivity index (χ3v) is 5.88. The molecule has 3 aromatic carbocycles. The van der Waals surface area contributed by atoms with Gasteiger partial charge in [-0.2, -0.15) is 5.10 Å². The zero-order chi connectivity index (χ0) is 25.5. The van der Waals surface area contributed by atoms with Crippen molar-refractivity contribution in [2.45, 2.75) is 26.3 Å². The SMILES string of the molecule is CCOc1ccc(CCC(=O)O)cc1-c1cc(-c2cccc(OC)c2OC)n(Cc2ccccc2)n1. The van der Waals surface area contributed by atoms with Crippen molar-refractivity contribution in [3.63, 3.8) is 0 Å². The Kier molecular flexibility index (Phi) is 7.90. The smallest absolute Gasteiger partial charge is 0.303 e. The lowest BCUT2D eigenvalue weighted by Gasteiger charge is -2.14. The van der Waals surface area contributed by atoms with Crippen molar-refractivity contribution in [1.82, 2.24) is 9.78 Å². The highest BCUT2D eigenvalue weighted by Crippen LogP contribution is 2.40. The minimum atomic E-state index is -0.829. The molecule has 0 unspecified atom stereocenters. The van der Waals surface area contributed by atoms with E-state index in [0.717, 1.165) is 33.6 Å². The number of aromatic nitrogens is 2. The number of carboxylic acids is 1. The third-order valence-electron chi connectivity index (χ3n) is 5.88. The zero-order valence-corrected chi connectivity index (χ0v) is 20.7. The summed E-state index contributed by atoms with van der Waals surface area (Å²) in [5.74, 6) is 1.13. The fourth-order valence-electron chi connectivity index (χ4n) is 4.20. The number of carbonyl (C=O) groups is 1. The summed E-state index contributed by atoms with van der Waals surface area (Å²) in [5.41, 5.74) is 5.28. The van der Waals surface area contributed by atoms with E-state index in [1.807, 2.05) is 72.3 Å². The first-order valence-corrected chi connectivity index (χ1v) is 11.8. The van der Waals surface area contributed by atoms with Crippen LogP contribution in [0.4, 0.5) is 0 Å². The summed E-state index contributed by atoms with van der Waals surface area (Å²) >= 11 is 0. The van der Waals surface area contributed by atoms with Gasteiger partial charge in [0.15, 0.2) is 11.5 Å². The molecule has 186 valence electrons. The number of benzene rings is 3. The molecular weight excluding hydrogens is 456 g/mol. The molecule has 0 amide bonds. The van der Waals surface area contributed by atoms with E-state index in [1.54, 1.807) is 14.2 Å². The van der Waals surface area contributed by atoms with Crippen LogP contribution in [-0.4, -0.2) is 41.7 Å². The van der Waals surface area contributed by atoms with E-state index in [0.29, 0.717) is 36.8 Å². The van der Waals surface area contributed by atoms with Gasteiger partial charge in [0.2, 0.25) is 0 Å². The molecule has 0 atom stereocenters. The maximum absolute atomic E-state index is 11.1. The number of hydrogen-bond acceptors (Lipinski definition) is 5. The lowest BCUT2D eigenvalue weighted by atomic mass is 10.0. The van der Waals surface area contributed by atoms with E-state index in [9.17, 15) is 4.79 Å². The first-order chi connectivity index (χ1) is 17.5. The van der Waals surface area contributed by atoms with Crippen LogP contribution in [0.25, 0.3) is 22.5 Å². The Balaban J connectivity index is 1.87. The Bertz CT molecular complexity index is 1330. The van der Waals surface area contributed by atoms with Gasteiger partial charge in [-0.15, -0.1) is 0 Å². The molecule has 4 aromatic rings. The van der Waals surface area contributed by atoms with Gasteiger partial charge in [0.05, 0.1) is 38.8 Å². The van der Waals surface area contributed by atoms with Crippen LogP contribution in [0.5, 0.6) is 17.2 Å². The summed E-state index contributed by atoms with van der Waals surface area (Å²) in [4.78, 5) is 11.1. The highest BCUT2D eigenvalue weighted by atomic mass is 16.5. The standard InChI is InChI=1S/C29H30N2O5/c1-4-36-26-15-13-20(14-16-28(32)33)17-23(26)24-18-25(22-11-8-12-27(34-2)29(22)35-3)31(30-24)19-21-9-6-5-7-10-21/h5-13,15,17-18H,4,14,16,19H2,1-3H3,(H,32,33). The van der Waals surface area contributed by atoms with Gasteiger partial charge >= 0.3 is 5.97 Å². The van der Waals surface area contributed by atoms with Crippen LogP contribution in [0.15, 0.2) is 72.8 Å². The van der Waals surface area contributed by atoms with Gasteiger partial charge in [-0.1, -0.05) is 42.5 Å². The predicted molar refractivity (Wildman–Crippen MR) is 139 cm³/mol. The fourth-order valence-corrected chi connectivity index (χ4v) is 4.20. The number of para-hydroxylation sites is 1. The van der Waals surface area contributed by atoms with Crippen molar-refractivity contribution in [1.29, 1.82) is 0 Å². The number of carboxylic acid groups (broad SMARTS) is 1. The lowest BCUT2D eigenvalue weighted by Crippen LogP contribution is -2.05. The molecule has 7 nitrogen and oxygen atoms in total. The molecule has 36 heavy (non-hydrogen) atoms. The summed E-state index contributed by atoms with van der Waals surface area (Å²) in [6.45, 7) is 2.99. The molecule has 1 heterocycles. The minimum absolute atomic E-state index is 0.0577. The van der Waals surface area contributed by atoms with Crippen molar-refractivity contribution >= 4 is 5.97 Å². The molecule has 0 aliphatic heterocycles. The quantitative estimate of drug-likeness (QED) is 0.293. The molecule has 0 bridgehead atoms. The Morgan fingerprint density at radius 3 is 2.39 bits per heavy atom. The average molecular weight is 487 g/mol. The van der Waals surface area contributed by atoms with Gasteiger partial charge in [0.1, 0.15) is 5.75 Å². The number of rotatable bonds is 11. The van der Waals surface area contributed by atoms with Crippen molar-refractivity contribution in [3.8, 4) is 39.8 Å². The first-order valence-electron chi connectivity index (χ1n) is 11.8. The first kappa shape index (κ1) is 24.9. The van der Waals surface area contributed by atoms with E-state index >= 15 is 0 Å². The van der Waals surface area contributed by atoms with Crippen LogP contribution in [-0.2, 0) is 17.8 Å². The van der Waals surface area contributed by atoms with Crippen molar-refractivity contribution in [2.24, 2.45) is 0 Å². The summed E-state index contributed by atoms with van der Waals surface area (Å²) in [6, 6.07) is 23.7.